The third-order valence-corrected chi connectivity index (χ3v) is 4.84. The molecule has 9 nitrogen and oxygen atoms in total. The Morgan fingerprint density at radius 3 is 2.90 bits per heavy atom. The number of fused-ring (bicyclic) bond motifs is 1. The van der Waals surface area contributed by atoms with Crippen molar-refractivity contribution in [3.63, 3.8) is 0 Å². The zero-order chi connectivity index (χ0) is 20.3. The summed E-state index contributed by atoms with van der Waals surface area (Å²) in [5, 5.41) is 15.5. The van der Waals surface area contributed by atoms with E-state index in [1.54, 1.807) is 6.20 Å². The number of para-hydroxylation sites is 1. The van der Waals surface area contributed by atoms with Crippen LogP contribution in [0, 0.1) is 0 Å². The second-order valence-corrected chi connectivity index (χ2v) is 7.00. The minimum atomic E-state index is -0.641. The number of nitrogens with one attached hydrogen (secondary N) is 1. The summed E-state index contributed by atoms with van der Waals surface area (Å²) < 4.78 is 10.7. The molecule has 0 aliphatic carbocycles. The minimum Gasteiger partial charge on any atom is -0.454 e. The first-order valence-corrected chi connectivity index (χ1v) is 9.59. The number of benzene rings is 2. The average molecular weight is 405 g/mol. The summed E-state index contributed by atoms with van der Waals surface area (Å²) in [6.45, 7) is 0.507. The Hall–Kier alpha value is -3.88. The maximum Gasteiger partial charge on any atom is 0.264 e. The summed E-state index contributed by atoms with van der Waals surface area (Å²) in [6, 6.07) is 15.3. The van der Waals surface area contributed by atoms with E-state index in [1.807, 2.05) is 48.5 Å². The molecule has 0 saturated heterocycles. The molecule has 5 rings (SSSR count). The molecular formula is C21H19N5O4. The van der Waals surface area contributed by atoms with Gasteiger partial charge in [0.2, 0.25) is 12.9 Å². The summed E-state index contributed by atoms with van der Waals surface area (Å²) in [7, 11) is 0. The van der Waals surface area contributed by atoms with Gasteiger partial charge in [0.05, 0.1) is 24.1 Å². The van der Waals surface area contributed by atoms with Crippen molar-refractivity contribution in [3.05, 3.63) is 66.0 Å². The summed E-state index contributed by atoms with van der Waals surface area (Å²) in [5.41, 5.74) is 3.35. The van der Waals surface area contributed by atoms with Gasteiger partial charge in [0.25, 0.3) is 5.91 Å². The van der Waals surface area contributed by atoms with Crippen LogP contribution in [0.25, 0.3) is 5.69 Å². The lowest BCUT2D eigenvalue weighted by Crippen LogP contribution is -2.34. The normalized spacial score (nSPS) is 16.8. The number of amides is 1. The Kier molecular flexibility index (Phi) is 4.76. The molecule has 1 N–H and O–H groups in total. The van der Waals surface area contributed by atoms with Gasteiger partial charge in [0, 0.05) is 12.8 Å². The Morgan fingerprint density at radius 2 is 2.00 bits per heavy atom. The van der Waals surface area contributed by atoms with Crippen molar-refractivity contribution >= 4 is 11.6 Å². The average Bonchev–Trinajstić information content (AvgIpc) is 3.53. The Balaban J connectivity index is 1.13. The Labute approximate surface area is 172 Å². The lowest BCUT2D eigenvalue weighted by molar-refractivity contribution is -0.131. The number of hydrogen-bond donors (Lipinski definition) is 1. The van der Waals surface area contributed by atoms with Crippen LogP contribution in [-0.2, 0) is 22.6 Å². The second kappa shape index (κ2) is 7.86. The second-order valence-electron chi connectivity index (χ2n) is 7.00. The van der Waals surface area contributed by atoms with E-state index in [9.17, 15) is 4.79 Å². The monoisotopic (exact) mass is 405 g/mol. The first kappa shape index (κ1) is 18.2. The highest BCUT2D eigenvalue weighted by Crippen LogP contribution is 2.33. The summed E-state index contributed by atoms with van der Waals surface area (Å²) >= 11 is 0. The van der Waals surface area contributed by atoms with Crippen LogP contribution in [0.2, 0.25) is 0 Å². The lowest BCUT2D eigenvalue weighted by Gasteiger charge is -2.08. The van der Waals surface area contributed by atoms with E-state index >= 15 is 0 Å². The van der Waals surface area contributed by atoms with Gasteiger partial charge >= 0.3 is 0 Å². The highest BCUT2D eigenvalue weighted by molar-refractivity contribution is 5.94. The molecule has 0 fully saturated rings. The zero-order valence-corrected chi connectivity index (χ0v) is 16.0. The third-order valence-electron chi connectivity index (χ3n) is 4.84. The van der Waals surface area contributed by atoms with E-state index in [0.29, 0.717) is 18.5 Å². The fourth-order valence-electron chi connectivity index (χ4n) is 3.31. The van der Waals surface area contributed by atoms with E-state index in [1.165, 1.54) is 4.80 Å². The van der Waals surface area contributed by atoms with Gasteiger partial charge in [0.15, 0.2) is 11.5 Å². The van der Waals surface area contributed by atoms with Crippen molar-refractivity contribution in [2.24, 2.45) is 5.16 Å². The molecule has 9 heteroatoms. The van der Waals surface area contributed by atoms with Crippen LogP contribution in [0.3, 0.4) is 0 Å². The molecule has 1 amide bonds. The van der Waals surface area contributed by atoms with E-state index in [4.69, 9.17) is 14.3 Å². The first-order chi connectivity index (χ1) is 14.7. The number of rotatable bonds is 6. The fourth-order valence-corrected chi connectivity index (χ4v) is 3.31. The van der Waals surface area contributed by atoms with Crippen molar-refractivity contribution in [1.29, 1.82) is 0 Å². The number of carbonyl (C=O) groups is 1. The maximum atomic E-state index is 12.4. The Morgan fingerprint density at radius 1 is 1.13 bits per heavy atom. The molecule has 0 spiro atoms. The van der Waals surface area contributed by atoms with Crippen LogP contribution in [0.5, 0.6) is 11.5 Å². The highest BCUT2D eigenvalue weighted by atomic mass is 16.7. The molecule has 152 valence electrons. The molecule has 3 aromatic rings. The molecule has 0 radical (unpaired) electrons. The first-order valence-electron chi connectivity index (χ1n) is 9.59. The predicted octanol–water partition coefficient (Wildman–Crippen LogP) is 2.00. The quantitative estimate of drug-likeness (QED) is 0.673. The van der Waals surface area contributed by atoms with Gasteiger partial charge in [-0.25, -0.2) is 0 Å². The topological polar surface area (TPSA) is 99.9 Å². The number of hydrogen-bond acceptors (Lipinski definition) is 7. The minimum absolute atomic E-state index is 0.228. The van der Waals surface area contributed by atoms with E-state index < -0.39 is 6.10 Å². The van der Waals surface area contributed by atoms with E-state index in [2.05, 4.69) is 20.7 Å². The van der Waals surface area contributed by atoms with Crippen LogP contribution in [0.1, 0.15) is 17.7 Å². The van der Waals surface area contributed by atoms with E-state index in [0.717, 1.165) is 28.5 Å². The molecular weight excluding hydrogens is 386 g/mol. The van der Waals surface area contributed by atoms with Crippen molar-refractivity contribution < 1.29 is 19.1 Å². The van der Waals surface area contributed by atoms with Crippen LogP contribution in [-0.4, -0.2) is 39.5 Å². The van der Waals surface area contributed by atoms with Gasteiger partial charge in [-0.1, -0.05) is 29.4 Å². The van der Waals surface area contributed by atoms with Crippen LogP contribution in [0.15, 0.2) is 59.9 Å². The number of carbonyl (C=O) groups excluding carboxylic acids is 1. The summed E-state index contributed by atoms with van der Waals surface area (Å²) in [6.07, 6.45) is 2.02. The largest absolute Gasteiger partial charge is 0.454 e. The molecule has 1 aromatic heterocycles. The van der Waals surface area contributed by atoms with Crippen LogP contribution in [0.4, 0.5) is 0 Å². The van der Waals surface area contributed by atoms with Gasteiger partial charge < -0.3 is 19.6 Å². The standard InChI is InChI=1S/C21H19N5O4/c27-21(22-11-16-12-23-26(24-16)17-4-2-1-3-5-17)20-10-15(25-30-20)8-14-6-7-18-19(9-14)29-13-28-18/h1-7,9,12,20H,8,10-11,13H2,(H,22,27)/t20-/m1/s1. The number of nitrogens with zero attached hydrogens (tertiary/aromatic N) is 4. The maximum absolute atomic E-state index is 12.4. The lowest BCUT2D eigenvalue weighted by atomic mass is 10.0. The molecule has 2 aliphatic heterocycles. The molecule has 2 aliphatic rings. The fraction of sp³-hybridized carbons (Fsp3) is 0.238. The Bertz CT molecular complexity index is 1100. The zero-order valence-electron chi connectivity index (χ0n) is 16.0. The third kappa shape index (κ3) is 3.82. The number of aromatic nitrogens is 3. The van der Waals surface area contributed by atoms with Gasteiger partial charge in [0.1, 0.15) is 5.69 Å². The number of oxime groups is 1. The molecule has 2 aromatic carbocycles. The molecule has 3 heterocycles. The molecule has 1 atom stereocenters. The number of ether oxygens (including phenoxy) is 2. The van der Waals surface area contributed by atoms with Crippen molar-refractivity contribution in [2.45, 2.75) is 25.5 Å². The van der Waals surface area contributed by atoms with Gasteiger partial charge in [-0.3, -0.25) is 4.79 Å². The molecule has 0 unspecified atom stereocenters. The van der Waals surface area contributed by atoms with Crippen molar-refractivity contribution in [1.82, 2.24) is 20.3 Å². The van der Waals surface area contributed by atoms with Crippen LogP contribution >= 0.6 is 0 Å². The predicted molar refractivity (Wildman–Crippen MR) is 106 cm³/mol. The highest BCUT2D eigenvalue weighted by Gasteiger charge is 2.28. The SMILES string of the molecule is O=C(NCc1cnn(-c2ccccc2)n1)[C@H]1CC(Cc2ccc3c(c2)OCO3)=NO1. The molecule has 0 saturated carbocycles. The molecule has 30 heavy (non-hydrogen) atoms. The molecule has 0 bridgehead atoms. The van der Waals surface area contributed by atoms with Gasteiger partial charge in [-0.05, 0) is 29.8 Å². The summed E-state index contributed by atoms with van der Waals surface area (Å²) in [4.78, 5) is 19.3. The van der Waals surface area contributed by atoms with Crippen molar-refractivity contribution in [3.8, 4) is 17.2 Å². The van der Waals surface area contributed by atoms with Crippen molar-refractivity contribution in [2.75, 3.05) is 6.79 Å². The van der Waals surface area contributed by atoms with Crippen LogP contribution < -0.4 is 14.8 Å². The van der Waals surface area contributed by atoms with Gasteiger partial charge in [-0.15, -0.1) is 0 Å². The smallest absolute Gasteiger partial charge is 0.264 e. The van der Waals surface area contributed by atoms with E-state index in [-0.39, 0.29) is 19.2 Å². The van der Waals surface area contributed by atoms with Gasteiger partial charge in [-0.2, -0.15) is 15.0 Å². The summed E-state index contributed by atoms with van der Waals surface area (Å²) in [5.74, 6) is 1.24.